The second-order valence-electron chi connectivity index (χ2n) is 6.70. The van der Waals surface area contributed by atoms with Crippen LogP contribution in [0.3, 0.4) is 0 Å². The molecule has 0 saturated heterocycles. The molecule has 2 heterocycles. The van der Waals surface area contributed by atoms with Crippen LogP contribution in [0, 0.1) is 19.7 Å². The lowest BCUT2D eigenvalue weighted by molar-refractivity contribution is 0.0469. The number of rotatable bonds is 9. The molecule has 0 aliphatic carbocycles. The van der Waals surface area contributed by atoms with Gasteiger partial charge in [-0.05, 0) is 37.6 Å². The van der Waals surface area contributed by atoms with Crippen molar-refractivity contribution in [3.05, 3.63) is 82.4 Å². The fourth-order valence-corrected chi connectivity index (χ4v) is 3.68. The predicted molar refractivity (Wildman–Crippen MR) is 115 cm³/mol. The molecule has 2 aromatic heterocycles. The Morgan fingerprint density at radius 2 is 2.03 bits per heavy atom. The molecular weight excluding hydrogens is 405 g/mol. The SMILES string of the molecule is C=CCNc1nc(C(=O)OCC(=O)c2cc(C)n(Cc3ccc(F)cc3)c2C)cs1. The summed E-state index contributed by atoms with van der Waals surface area (Å²) in [6, 6.07) is 8.01. The van der Waals surface area contributed by atoms with Gasteiger partial charge in [0.15, 0.2) is 17.4 Å². The summed E-state index contributed by atoms with van der Waals surface area (Å²) in [7, 11) is 0. The highest BCUT2D eigenvalue weighted by molar-refractivity contribution is 7.13. The van der Waals surface area contributed by atoms with E-state index in [-0.39, 0.29) is 23.9 Å². The number of aromatic nitrogens is 2. The molecule has 0 saturated carbocycles. The van der Waals surface area contributed by atoms with Gasteiger partial charge in [-0.2, -0.15) is 0 Å². The number of Topliss-reactive ketones (excluding diaryl/α,β-unsaturated/α-hetero) is 1. The van der Waals surface area contributed by atoms with Crippen molar-refractivity contribution in [2.24, 2.45) is 0 Å². The average molecular weight is 428 g/mol. The van der Waals surface area contributed by atoms with Gasteiger partial charge in [-0.25, -0.2) is 14.2 Å². The molecule has 0 amide bonds. The zero-order chi connectivity index (χ0) is 21.7. The lowest BCUT2D eigenvalue weighted by atomic mass is 10.1. The highest BCUT2D eigenvalue weighted by atomic mass is 32.1. The van der Waals surface area contributed by atoms with E-state index in [1.807, 2.05) is 18.4 Å². The maximum atomic E-state index is 13.1. The standard InChI is InChI=1S/C22H22FN3O3S/c1-4-9-24-22-25-19(13-30-22)21(28)29-12-20(27)18-10-14(2)26(15(18)3)11-16-5-7-17(23)8-6-16/h4-8,10,13H,1,9,11-12H2,2-3H3,(H,24,25). The highest BCUT2D eigenvalue weighted by Crippen LogP contribution is 2.19. The fraction of sp³-hybridized carbons (Fsp3) is 0.227. The van der Waals surface area contributed by atoms with E-state index in [9.17, 15) is 14.0 Å². The van der Waals surface area contributed by atoms with E-state index >= 15 is 0 Å². The smallest absolute Gasteiger partial charge is 0.358 e. The van der Waals surface area contributed by atoms with Crippen LogP contribution in [0.25, 0.3) is 0 Å². The van der Waals surface area contributed by atoms with Gasteiger partial charge in [0.25, 0.3) is 0 Å². The van der Waals surface area contributed by atoms with Gasteiger partial charge >= 0.3 is 5.97 Å². The maximum Gasteiger partial charge on any atom is 0.358 e. The lowest BCUT2D eigenvalue weighted by Gasteiger charge is -2.10. The molecule has 6 nitrogen and oxygen atoms in total. The quantitative estimate of drug-likeness (QED) is 0.312. The molecule has 0 aliphatic heterocycles. The Morgan fingerprint density at radius 1 is 1.30 bits per heavy atom. The van der Waals surface area contributed by atoms with E-state index in [1.54, 1.807) is 29.7 Å². The second-order valence-corrected chi connectivity index (χ2v) is 7.56. The summed E-state index contributed by atoms with van der Waals surface area (Å²) in [6.45, 7) is 8.02. The van der Waals surface area contributed by atoms with Crippen molar-refractivity contribution in [2.45, 2.75) is 20.4 Å². The van der Waals surface area contributed by atoms with Gasteiger partial charge < -0.3 is 14.6 Å². The monoisotopic (exact) mass is 427 g/mol. The largest absolute Gasteiger partial charge is 0.453 e. The molecule has 1 N–H and O–H groups in total. The number of halogens is 1. The van der Waals surface area contributed by atoms with Crippen LogP contribution < -0.4 is 5.32 Å². The summed E-state index contributed by atoms with van der Waals surface area (Å²) < 4.78 is 20.2. The summed E-state index contributed by atoms with van der Waals surface area (Å²) in [4.78, 5) is 28.9. The molecule has 156 valence electrons. The number of nitrogens with one attached hydrogen (secondary N) is 1. The number of carbonyl (C=O) groups excluding carboxylic acids is 2. The Kier molecular flexibility index (Phi) is 6.79. The van der Waals surface area contributed by atoms with Crippen LogP contribution in [0.1, 0.15) is 37.8 Å². The van der Waals surface area contributed by atoms with Crippen LogP contribution in [0.2, 0.25) is 0 Å². The number of ether oxygens (including phenoxy) is 1. The van der Waals surface area contributed by atoms with Crippen molar-refractivity contribution in [1.82, 2.24) is 9.55 Å². The number of ketones is 1. The molecule has 0 spiro atoms. The van der Waals surface area contributed by atoms with Crippen LogP contribution in [-0.4, -0.2) is 34.5 Å². The number of nitrogens with zero attached hydrogens (tertiary/aromatic N) is 2. The first-order valence-electron chi connectivity index (χ1n) is 9.31. The van der Waals surface area contributed by atoms with Crippen molar-refractivity contribution >= 4 is 28.2 Å². The number of benzene rings is 1. The summed E-state index contributed by atoms with van der Waals surface area (Å²) in [6.07, 6.45) is 1.69. The number of hydrogen-bond donors (Lipinski definition) is 1. The molecule has 0 unspecified atom stereocenters. The van der Waals surface area contributed by atoms with Crippen molar-refractivity contribution < 1.29 is 18.7 Å². The summed E-state index contributed by atoms with van der Waals surface area (Å²) in [5.74, 6) is -1.23. The minimum atomic E-state index is -0.647. The number of aryl methyl sites for hydroxylation is 1. The molecule has 8 heteroatoms. The molecule has 3 rings (SSSR count). The average Bonchev–Trinajstić information content (AvgIpc) is 3.32. The maximum absolute atomic E-state index is 13.1. The molecule has 3 aromatic rings. The number of hydrogen-bond acceptors (Lipinski definition) is 6. The number of carbonyl (C=O) groups is 2. The van der Waals surface area contributed by atoms with Crippen LogP contribution in [0.4, 0.5) is 9.52 Å². The van der Waals surface area contributed by atoms with Crippen molar-refractivity contribution in [2.75, 3.05) is 18.5 Å². The van der Waals surface area contributed by atoms with Gasteiger partial charge in [0.2, 0.25) is 5.78 Å². The number of anilines is 1. The van der Waals surface area contributed by atoms with Crippen molar-refractivity contribution in [1.29, 1.82) is 0 Å². The van der Waals surface area contributed by atoms with E-state index in [0.29, 0.717) is 23.8 Å². The summed E-state index contributed by atoms with van der Waals surface area (Å²) >= 11 is 1.28. The van der Waals surface area contributed by atoms with E-state index in [0.717, 1.165) is 17.0 Å². The van der Waals surface area contributed by atoms with Crippen LogP contribution in [0.15, 0.2) is 48.4 Å². The Hall–Kier alpha value is -3.26. The van der Waals surface area contributed by atoms with Crippen LogP contribution in [-0.2, 0) is 11.3 Å². The summed E-state index contributed by atoms with van der Waals surface area (Å²) in [5, 5.41) is 5.15. The normalized spacial score (nSPS) is 10.6. The Bertz CT molecular complexity index is 1070. The third-order valence-corrected chi connectivity index (χ3v) is 5.37. The third kappa shape index (κ3) is 5.01. The Labute approximate surface area is 178 Å². The third-order valence-electron chi connectivity index (χ3n) is 4.57. The molecule has 30 heavy (non-hydrogen) atoms. The van der Waals surface area contributed by atoms with Gasteiger partial charge in [0.05, 0.1) is 0 Å². The Morgan fingerprint density at radius 3 is 2.73 bits per heavy atom. The minimum Gasteiger partial charge on any atom is -0.453 e. The van der Waals surface area contributed by atoms with E-state index in [2.05, 4.69) is 16.9 Å². The van der Waals surface area contributed by atoms with Gasteiger partial charge in [0, 0.05) is 35.4 Å². The van der Waals surface area contributed by atoms with Crippen LogP contribution >= 0.6 is 11.3 Å². The van der Waals surface area contributed by atoms with Gasteiger partial charge in [0.1, 0.15) is 5.82 Å². The first-order valence-corrected chi connectivity index (χ1v) is 10.2. The van der Waals surface area contributed by atoms with Crippen molar-refractivity contribution in [3.8, 4) is 0 Å². The topological polar surface area (TPSA) is 73.2 Å². The lowest BCUT2D eigenvalue weighted by Crippen LogP contribution is -2.15. The molecule has 0 atom stereocenters. The molecule has 0 bridgehead atoms. The molecule has 1 aromatic carbocycles. The first-order chi connectivity index (χ1) is 14.4. The molecule has 0 aliphatic rings. The second kappa shape index (κ2) is 9.49. The van der Waals surface area contributed by atoms with Crippen LogP contribution in [0.5, 0.6) is 0 Å². The zero-order valence-electron chi connectivity index (χ0n) is 16.8. The van der Waals surface area contributed by atoms with Gasteiger partial charge in [-0.15, -0.1) is 17.9 Å². The summed E-state index contributed by atoms with van der Waals surface area (Å²) in [5.41, 5.74) is 3.23. The van der Waals surface area contributed by atoms with E-state index < -0.39 is 5.97 Å². The molecule has 0 radical (unpaired) electrons. The van der Waals surface area contributed by atoms with E-state index in [4.69, 9.17) is 4.74 Å². The zero-order valence-corrected chi connectivity index (χ0v) is 17.6. The Balaban J connectivity index is 1.64. The van der Waals surface area contributed by atoms with Crippen molar-refractivity contribution in [3.63, 3.8) is 0 Å². The fourth-order valence-electron chi connectivity index (χ4n) is 2.99. The minimum absolute atomic E-state index is 0.154. The number of esters is 1. The van der Waals surface area contributed by atoms with Gasteiger partial charge in [-0.3, -0.25) is 4.79 Å². The molecule has 0 fully saturated rings. The first kappa shape index (κ1) is 21.4. The predicted octanol–water partition coefficient (Wildman–Crippen LogP) is 4.39. The van der Waals surface area contributed by atoms with E-state index in [1.165, 1.54) is 23.5 Å². The highest BCUT2D eigenvalue weighted by Gasteiger charge is 2.19. The van der Waals surface area contributed by atoms with Gasteiger partial charge in [-0.1, -0.05) is 18.2 Å². The molecular formula is C22H22FN3O3S. The number of thiazole rings is 1.